The number of hydrogen-bond donors (Lipinski definition) is 2. The highest BCUT2D eigenvalue weighted by molar-refractivity contribution is 7.91. The Kier molecular flexibility index (Phi) is 4.05. The molecule has 0 unspecified atom stereocenters. The normalized spacial score (nSPS) is 19.0. The first-order valence-corrected chi connectivity index (χ1v) is 8.34. The van der Waals surface area contributed by atoms with Crippen LogP contribution in [0.1, 0.15) is 24.0 Å². The first-order valence-electron chi connectivity index (χ1n) is 6.11. The Bertz CT molecular complexity index is 585. The first kappa shape index (κ1) is 14.2. The summed E-state index contributed by atoms with van der Waals surface area (Å²) >= 11 is 5.04. The van der Waals surface area contributed by atoms with Crippen LogP contribution in [0.3, 0.4) is 0 Å². The van der Waals surface area contributed by atoms with E-state index in [2.05, 4.69) is 10.3 Å². The lowest BCUT2D eigenvalue weighted by atomic mass is 10.1. The van der Waals surface area contributed by atoms with Gasteiger partial charge in [0.1, 0.15) is 20.6 Å². The highest BCUT2D eigenvalue weighted by Gasteiger charge is 2.24. The van der Waals surface area contributed by atoms with Gasteiger partial charge in [-0.15, -0.1) is 0 Å². The average molecular weight is 299 g/mol. The van der Waals surface area contributed by atoms with Crippen LogP contribution in [0.4, 0.5) is 5.82 Å². The second-order valence-electron chi connectivity index (χ2n) is 4.79. The smallest absolute Gasteiger partial charge is 0.150 e. The van der Waals surface area contributed by atoms with E-state index in [0.29, 0.717) is 23.6 Å². The number of nitrogens with one attached hydrogen (secondary N) is 1. The molecule has 0 saturated carbocycles. The maximum atomic E-state index is 11.4. The van der Waals surface area contributed by atoms with Crippen molar-refractivity contribution in [2.24, 2.45) is 5.73 Å². The molecule has 1 aliphatic heterocycles. The Labute approximate surface area is 118 Å². The summed E-state index contributed by atoms with van der Waals surface area (Å²) in [5.41, 5.74) is 7.43. The molecule has 0 aromatic carbocycles. The minimum absolute atomic E-state index is 0.103. The van der Waals surface area contributed by atoms with Crippen LogP contribution >= 0.6 is 12.2 Å². The maximum absolute atomic E-state index is 11.4. The summed E-state index contributed by atoms with van der Waals surface area (Å²) in [7, 11) is -2.85. The summed E-state index contributed by atoms with van der Waals surface area (Å²) in [4.78, 5) is 4.57. The van der Waals surface area contributed by atoms with Gasteiger partial charge in [0.05, 0.1) is 17.1 Å². The van der Waals surface area contributed by atoms with Crippen LogP contribution in [0, 0.1) is 6.92 Å². The average Bonchev–Trinajstić information content (AvgIpc) is 2.31. The lowest BCUT2D eigenvalue weighted by molar-refractivity contribution is 0.559. The number of aryl methyl sites for hydroxylation is 1. The van der Waals surface area contributed by atoms with E-state index >= 15 is 0 Å². The predicted octanol–water partition coefficient (Wildman–Crippen LogP) is 1.01. The maximum Gasteiger partial charge on any atom is 0.150 e. The summed E-state index contributed by atoms with van der Waals surface area (Å²) in [6, 6.07) is 1.95. The number of anilines is 1. The van der Waals surface area contributed by atoms with Gasteiger partial charge in [-0.05, 0) is 31.4 Å². The van der Waals surface area contributed by atoms with Crippen molar-refractivity contribution in [3.05, 3.63) is 23.4 Å². The zero-order valence-corrected chi connectivity index (χ0v) is 12.4. The topological polar surface area (TPSA) is 85.1 Å². The van der Waals surface area contributed by atoms with E-state index in [1.807, 2.05) is 13.0 Å². The highest BCUT2D eigenvalue weighted by atomic mass is 32.2. The molecule has 19 heavy (non-hydrogen) atoms. The summed E-state index contributed by atoms with van der Waals surface area (Å²) in [6.07, 6.45) is 2.88. The fourth-order valence-corrected chi connectivity index (χ4v) is 3.96. The zero-order valence-electron chi connectivity index (χ0n) is 10.7. The molecule has 1 aliphatic rings. The molecule has 3 N–H and O–H groups in total. The van der Waals surface area contributed by atoms with Crippen molar-refractivity contribution in [2.45, 2.75) is 25.8 Å². The third kappa shape index (κ3) is 3.42. The molecule has 0 radical (unpaired) electrons. The van der Waals surface area contributed by atoms with Crippen LogP contribution in [0.25, 0.3) is 0 Å². The lowest BCUT2D eigenvalue weighted by Gasteiger charge is -2.24. The number of sulfone groups is 1. The van der Waals surface area contributed by atoms with E-state index < -0.39 is 9.84 Å². The van der Waals surface area contributed by atoms with E-state index in [9.17, 15) is 8.42 Å². The number of rotatable bonds is 3. The SMILES string of the molecule is Cc1ccnc(NC2CCS(=O)(=O)CC2)c1C(N)=S. The van der Waals surface area contributed by atoms with E-state index in [1.165, 1.54) is 0 Å². The molecule has 0 bridgehead atoms. The molecular weight excluding hydrogens is 282 g/mol. The number of aromatic nitrogens is 1. The van der Waals surface area contributed by atoms with Crippen LogP contribution in [-0.2, 0) is 9.84 Å². The van der Waals surface area contributed by atoms with Gasteiger partial charge in [-0.2, -0.15) is 0 Å². The van der Waals surface area contributed by atoms with Crippen molar-refractivity contribution >= 4 is 32.9 Å². The van der Waals surface area contributed by atoms with E-state index in [4.69, 9.17) is 18.0 Å². The molecule has 5 nitrogen and oxygen atoms in total. The van der Waals surface area contributed by atoms with Gasteiger partial charge >= 0.3 is 0 Å². The molecular formula is C12H17N3O2S2. The highest BCUT2D eigenvalue weighted by Crippen LogP contribution is 2.21. The molecule has 0 spiro atoms. The molecule has 1 aromatic heterocycles. The minimum Gasteiger partial charge on any atom is -0.389 e. The van der Waals surface area contributed by atoms with Gasteiger partial charge in [0, 0.05) is 12.2 Å². The van der Waals surface area contributed by atoms with Crippen LogP contribution in [0.15, 0.2) is 12.3 Å². The standard InChI is InChI=1S/C12H17N3O2S2/c1-8-2-5-14-12(10(8)11(13)18)15-9-3-6-19(16,17)7-4-9/h2,5,9H,3-4,6-7H2,1H3,(H2,13,18)(H,14,15). The number of thiocarbonyl (C=S) groups is 1. The molecule has 1 aromatic rings. The van der Waals surface area contributed by atoms with Crippen molar-refractivity contribution in [2.75, 3.05) is 16.8 Å². The molecule has 0 aliphatic carbocycles. The Morgan fingerprint density at radius 1 is 1.47 bits per heavy atom. The van der Waals surface area contributed by atoms with Crippen molar-refractivity contribution in [3.8, 4) is 0 Å². The zero-order chi connectivity index (χ0) is 14.0. The third-order valence-corrected chi connectivity index (χ3v) is 5.22. The van der Waals surface area contributed by atoms with Gasteiger partial charge in [0.25, 0.3) is 0 Å². The number of pyridine rings is 1. The van der Waals surface area contributed by atoms with Crippen molar-refractivity contribution in [3.63, 3.8) is 0 Å². The van der Waals surface area contributed by atoms with Gasteiger partial charge in [0.15, 0.2) is 0 Å². The Hall–Kier alpha value is -1.21. The molecule has 1 saturated heterocycles. The summed E-state index contributed by atoms with van der Waals surface area (Å²) in [5.74, 6) is 1.09. The van der Waals surface area contributed by atoms with Gasteiger partial charge in [-0.1, -0.05) is 12.2 Å². The fourth-order valence-electron chi connectivity index (χ4n) is 2.21. The lowest BCUT2D eigenvalue weighted by Crippen LogP contribution is -2.33. The van der Waals surface area contributed by atoms with E-state index in [0.717, 1.165) is 11.1 Å². The largest absolute Gasteiger partial charge is 0.389 e. The second-order valence-corrected chi connectivity index (χ2v) is 7.53. The predicted molar refractivity (Wildman–Crippen MR) is 80.2 cm³/mol. The van der Waals surface area contributed by atoms with E-state index in [1.54, 1.807) is 6.20 Å². The minimum atomic E-state index is -2.85. The Morgan fingerprint density at radius 3 is 2.68 bits per heavy atom. The van der Waals surface area contributed by atoms with Gasteiger partial charge in [-0.3, -0.25) is 0 Å². The van der Waals surface area contributed by atoms with Crippen molar-refractivity contribution < 1.29 is 8.42 Å². The van der Waals surface area contributed by atoms with Gasteiger partial charge in [-0.25, -0.2) is 13.4 Å². The Morgan fingerprint density at radius 2 is 2.11 bits per heavy atom. The number of nitrogens with zero attached hydrogens (tertiary/aromatic N) is 1. The third-order valence-electron chi connectivity index (χ3n) is 3.30. The summed E-state index contributed by atoms with van der Waals surface area (Å²) in [6.45, 7) is 1.92. The second kappa shape index (κ2) is 5.42. The molecule has 7 heteroatoms. The molecule has 1 fully saturated rings. The molecule has 104 valence electrons. The van der Waals surface area contributed by atoms with Crippen LogP contribution in [0.2, 0.25) is 0 Å². The van der Waals surface area contributed by atoms with Gasteiger partial charge < -0.3 is 11.1 Å². The summed E-state index contributed by atoms with van der Waals surface area (Å²) in [5, 5.41) is 3.27. The fraction of sp³-hybridized carbons (Fsp3) is 0.500. The Balaban J connectivity index is 2.16. The molecule has 0 atom stereocenters. The number of nitrogens with two attached hydrogens (primary N) is 1. The van der Waals surface area contributed by atoms with Crippen LogP contribution in [0.5, 0.6) is 0 Å². The summed E-state index contributed by atoms with van der Waals surface area (Å²) < 4.78 is 22.8. The monoisotopic (exact) mass is 299 g/mol. The molecule has 2 heterocycles. The first-order chi connectivity index (χ1) is 8.89. The van der Waals surface area contributed by atoms with Crippen LogP contribution < -0.4 is 11.1 Å². The van der Waals surface area contributed by atoms with Gasteiger partial charge in [0.2, 0.25) is 0 Å². The van der Waals surface area contributed by atoms with E-state index in [-0.39, 0.29) is 17.5 Å². The van der Waals surface area contributed by atoms with Crippen molar-refractivity contribution in [1.29, 1.82) is 0 Å². The number of hydrogen-bond acceptors (Lipinski definition) is 5. The molecule has 0 amide bonds. The molecule has 2 rings (SSSR count). The quantitative estimate of drug-likeness (QED) is 0.810. The van der Waals surface area contributed by atoms with Crippen LogP contribution in [-0.4, -0.2) is 35.9 Å². The van der Waals surface area contributed by atoms with Crippen molar-refractivity contribution in [1.82, 2.24) is 4.98 Å².